The number of methoxy groups -OCH3 is 1. The topological polar surface area (TPSA) is 55.8 Å². The quantitative estimate of drug-likeness (QED) is 0.939. The lowest BCUT2D eigenvalue weighted by atomic mass is 9.85. The number of fused-ring (bicyclic) bond motifs is 1. The van der Waals surface area contributed by atoms with Gasteiger partial charge in [-0.1, -0.05) is 30.3 Å². The first-order valence-corrected chi connectivity index (χ1v) is 6.75. The third-order valence-corrected chi connectivity index (χ3v) is 3.70. The first-order valence-electron chi connectivity index (χ1n) is 6.75. The van der Waals surface area contributed by atoms with E-state index in [-0.39, 0.29) is 18.8 Å². The van der Waals surface area contributed by atoms with Crippen LogP contribution in [0.25, 0.3) is 0 Å². The van der Waals surface area contributed by atoms with Crippen LogP contribution in [0.5, 0.6) is 11.5 Å². The SMILES string of the molecule is COc1ccccc1CC1(O)COc2ccccc2C1=O. The summed E-state index contributed by atoms with van der Waals surface area (Å²) in [5.41, 5.74) is -0.372. The van der Waals surface area contributed by atoms with Crippen LogP contribution < -0.4 is 9.47 Å². The highest BCUT2D eigenvalue weighted by Gasteiger charge is 2.42. The monoisotopic (exact) mass is 284 g/mol. The van der Waals surface area contributed by atoms with E-state index in [9.17, 15) is 9.90 Å². The lowest BCUT2D eigenvalue weighted by molar-refractivity contribution is -0.00217. The first kappa shape index (κ1) is 13.6. The molecular formula is C17H16O4. The predicted octanol–water partition coefficient (Wildman–Crippen LogP) is 2.24. The van der Waals surface area contributed by atoms with Crippen LogP contribution in [-0.4, -0.2) is 30.2 Å². The molecule has 2 aromatic carbocycles. The summed E-state index contributed by atoms with van der Waals surface area (Å²) >= 11 is 0. The van der Waals surface area contributed by atoms with Gasteiger partial charge in [0.2, 0.25) is 5.78 Å². The minimum absolute atomic E-state index is 0.0547. The van der Waals surface area contributed by atoms with Gasteiger partial charge in [-0.25, -0.2) is 0 Å². The molecule has 0 bridgehead atoms. The molecule has 1 aliphatic rings. The van der Waals surface area contributed by atoms with Crippen molar-refractivity contribution in [1.82, 2.24) is 0 Å². The minimum Gasteiger partial charge on any atom is -0.496 e. The predicted molar refractivity (Wildman–Crippen MR) is 77.9 cm³/mol. The van der Waals surface area contributed by atoms with Crippen LogP contribution in [-0.2, 0) is 6.42 Å². The van der Waals surface area contributed by atoms with Crippen LogP contribution >= 0.6 is 0 Å². The molecule has 0 spiro atoms. The Kier molecular flexibility index (Phi) is 3.39. The summed E-state index contributed by atoms with van der Waals surface area (Å²) in [6.07, 6.45) is 0.157. The number of carbonyl (C=O) groups excluding carboxylic acids is 1. The maximum absolute atomic E-state index is 12.6. The smallest absolute Gasteiger partial charge is 0.201 e. The summed E-state index contributed by atoms with van der Waals surface area (Å²) < 4.78 is 10.8. The Bertz CT molecular complexity index is 680. The van der Waals surface area contributed by atoms with Gasteiger partial charge in [0.05, 0.1) is 12.7 Å². The maximum atomic E-state index is 12.6. The molecule has 1 aliphatic heterocycles. The highest BCUT2D eigenvalue weighted by molar-refractivity contribution is 6.05. The summed E-state index contributed by atoms with van der Waals surface area (Å²) in [6.45, 7) is -0.0547. The van der Waals surface area contributed by atoms with Gasteiger partial charge in [-0.05, 0) is 23.8 Å². The van der Waals surface area contributed by atoms with Crippen molar-refractivity contribution in [2.24, 2.45) is 0 Å². The lowest BCUT2D eigenvalue weighted by Gasteiger charge is -2.32. The second-order valence-electron chi connectivity index (χ2n) is 5.13. The van der Waals surface area contributed by atoms with Crippen LogP contribution in [0.4, 0.5) is 0 Å². The molecule has 0 fully saturated rings. The van der Waals surface area contributed by atoms with E-state index in [1.807, 2.05) is 18.2 Å². The lowest BCUT2D eigenvalue weighted by Crippen LogP contribution is -2.49. The first-order chi connectivity index (χ1) is 10.1. The van der Waals surface area contributed by atoms with Crippen LogP contribution in [0.1, 0.15) is 15.9 Å². The van der Waals surface area contributed by atoms with Gasteiger partial charge in [-0.15, -0.1) is 0 Å². The number of rotatable bonds is 3. The molecule has 1 unspecified atom stereocenters. The fourth-order valence-corrected chi connectivity index (χ4v) is 2.59. The van der Waals surface area contributed by atoms with E-state index in [1.165, 1.54) is 0 Å². The molecule has 4 heteroatoms. The summed E-state index contributed by atoms with van der Waals surface area (Å²) in [5.74, 6) is 0.861. The number of carbonyl (C=O) groups is 1. The van der Waals surface area contributed by atoms with Gasteiger partial charge in [0.25, 0.3) is 0 Å². The van der Waals surface area contributed by atoms with Gasteiger partial charge in [-0.2, -0.15) is 0 Å². The molecule has 0 radical (unpaired) electrons. The molecule has 1 N–H and O–H groups in total. The largest absolute Gasteiger partial charge is 0.496 e. The number of hydrogen-bond donors (Lipinski definition) is 1. The number of hydrogen-bond acceptors (Lipinski definition) is 4. The molecule has 0 amide bonds. The Morgan fingerprint density at radius 1 is 1.19 bits per heavy atom. The third-order valence-electron chi connectivity index (χ3n) is 3.70. The van der Waals surface area contributed by atoms with E-state index in [4.69, 9.17) is 9.47 Å². The molecular weight excluding hydrogens is 268 g/mol. The molecule has 3 rings (SSSR count). The molecule has 0 saturated carbocycles. The van der Waals surface area contributed by atoms with Crippen molar-refractivity contribution in [3.05, 3.63) is 59.7 Å². The zero-order valence-electron chi connectivity index (χ0n) is 11.7. The van der Waals surface area contributed by atoms with Crippen LogP contribution in [0.2, 0.25) is 0 Å². The standard InChI is InChI=1S/C17H16O4/c1-20-14-8-4-2-6-12(14)10-17(19)11-21-15-9-5-3-7-13(15)16(17)18/h2-9,19H,10-11H2,1H3. The van der Waals surface area contributed by atoms with E-state index < -0.39 is 5.60 Å². The van der Waals surface area contributed by atoms with Gasteiger partial charge in [-0.3, -0.25) is 4.79 Å². The average Bonchev–Trinajstić information content (AvgIpc) is 2.52. The Morgan fingerprint density at radius 2 is 1.90 bits per heavy atom. The highest BCUT2D eigenvalue weighted by Crippen LogP contribution is 2.33. The van der Waals surface area contributed by atoms with Gasteiger partial charge >= 0.3 is 0 Å². The average molecular weight is 284 g/mol. The molecule has 21 heavy (non-hydrogen) atoms. The molecule has 0 saturated heterocycles. The number of Topliss-reactive ketones (excluding diaryl/α,β-unsaturated/α-hetero) is 1. The second kappa shape index (κ2) is 5.22. The van der Waals surface area contributed by atoms with Gasteiger partial charge in [0, 0.05) is 6.42 Å². The van der Waals surface area contributed by atoms with Crippen LogP contribution in [0.3, 0.4) is 0 Å². The van der Waals surface area contributed by atoms with Crippen molar-refractivity contribution in [2.75, 3.05) is 13.7 Å². The molecule has 2 aromatic rings. The van der Waals surface area contributed by atoms with Crippen LogP contribution in [0.15, 0.2) is 48.5 Å². The van der Waals surface area contributed by atoms with Crippen molar-refractivity contribution in [3.63, 3.8) is 0 Å². The minimum atomic E-state index is -1.57. The molecule has 4 nitrogen and oxygen atoms in total. The second-order valence-corrected chi connectivity index (χ2v) is 5.13. The molecule has 0 aliphatic carbocycles. The van der Waals surface area contributed by atoms with E-state index >= 15 is 0 Å². The van der Waals surface area contributed by atoms with Crippen LogP contribution in [0, 0.1) is 0 Å². The normalized spacial score (nSPS) is 20.6. The fourth-order valence-electron chi connectivity index (χ4n) is 2.59. The third kappa shape index (κ3) is 2.38. The Morgan fingerprint density at radius 3 is 2.71 bits per heavy atom. The van der Waals surface area contributed by atoms with Crippen molar-refractivity contribution in [3.8, 4) is 11.5 Å². The zero-order valence-corrected chi connectivity index (χ0v) is 11.7. The van der Waals surface area contributed by atoms with Gasteiger partial charge < -0.3 is 14.6 Å². The van der Waals surface area contributed by atoms with E-state index in [0.717, 1.165) is 5.56 Å². The van der Waals surface area contributed by atoms with Gasteiger partial charge in [0.1, 0.15) is 18.1 Å². The van der Waals surface area contributed by atoms with E-state index in [0.29, 0.717) is 17.1 Å². The number of ether oxygens (including phenoxy) is 2. The van der Waals surface area contributed by atoms with E-state index in [1.54, 1.807) is 37.4 Å². The van der Waals surface area contributed by atoms with Crippen molar-refractivity contribution < 1.29 is 19.4 Å². The van der Waals surface area contributed by atoms with Gasteiger partial charge in [0.15, 0.2) is 5.60 Å². The number of benzene rings is 2. The highest BCUT2D eigenvalue weighted by atomic mass is 16.5. The van der Waals surface area contributed by atoms with Crippen molar-refractivity contribution in [2.45, 2.75) is 12.0 Å². The zero-order chi connectivity index (χ0) is 14.9. The van der Waals surface area contributed by atoms with Crippen molar-refractivity contribution >= 4 is 5.78 Å². The number of para-hydroxylation sites is 2. The Hall–Kier alpha value is -2.33. The number of ketones is 1. The number of aliphatic hydroxyl groups is 1. The summed E-state index contributed by atoms with van der Waals surface area (Å²) in [4.78, 5) is 12.6. The van der Waals surface area contributed by atoms with E-state index in [2.05, 4.69) is 0 Å². The summed E-state index contributed by atoms with van der Waals surface area (Å²) in [6, 6.07) is 14.3. The molecule has 0 aromatic heterocycles. The summed E-state index contributed by atoms with van der Waals surface area (Å²) in [7, 11) is 1.57. The molecule has 1 heterocycles. The Labute approximate surface area is 122 Å². The molecule has 108 valence electrons. The summed E-state index contributed by atoms with van der Waals surface area (Å²) in [5, 5.41) is 10.7. The van der Waals surface area contributed by atoms with Crippen molar-refractivity contribution in [1.29, 1.82) is 0 Å². The fraction of sp³-hybridized carbons (Fsp3) is 0.235. The maximum Gasteiger partial charge on any atom is 0.201 e. The Balaban J connectivity index is 1.94. The molecule has 1 atom stereocenters.